The van der Waals surface area contributed by atoms with Crippen LogP contribution >= 0.6 is 0 Å². The first kappa shape index (κ1) is 13.9. The van der Waals surface area contributed by atoms with Crippen molar-refractivity contribution >= 4 is 11.9 Å². The van der Waals surface area contributed by atoms with Crippen molar-refractivity contribution in [3.63, 3.8) is 0 Å². The highest BCUT2D eigenvalue weighted by Gasteiger charge is 2.21. The molecule has 0 saturated carbocycles. The van der Waals surface area contributed by atoms with E-state index in [1.807, 2.05) is 27.7 Å². The second kappa shape index (κ2) is 5.73. The molecule has 0 heterocycles. The van der Waals surface area contributed by atoms with Gasteiger partial charge < -0.3 is 10.4 Å². The fraction of sp³-hybridized carbons (Fsp3) is 0.818. The average Bonchev–Trinajstić information content (AvgIpc) is 2.01. The molecule has 88 valence electrons. The predicted molar refractivity (Wildman–Crippen MR) is 58.5 cm³/mol. The van der Waals surface area contributed by atoms with Gasteiger partial charge in [0.05, 0.1) is 0 Å². The summed E-state index contributed by atoms with van der Waals surface area (Å²) in [6.07, 6.45) is 1.14. The zero-order valence-electron chi connectivity index (χ0n) is 9.96. The van der Waals surface area contributed by atoms with Gasteiger partial charge in [-0.3, -0.25) is 9.59 Å². The summed E-state index contributed by atoms with van der Waals surface area (Å²) in [6, 6.07) is 0. The summed E-state index contributed by atoms with van der Waals surface area (Å²) < 4.78 is 0. The van der Waals surface area contributed by atoms with E-state index in [2.05, 4.69) is 5.32 Å². The van der Waals surface area contributed by atoms with Crippen molar-refractivity contribution in [3.05, 3.63) is 0 Å². The third-order valence-electron chi connectivity index (χ3n) is 2.07. The van der Waals surface area contributed by atoms with Crippen molar-refractivity contribution in [1.29, 1.82) is 0 Å². The molecule has 0 aromatic carbocycles. The summed E-state index contributed by atoms with van der Waals surface area (Å²) in [5, 5.41) is 11.4. The Balaban J connectivity index is 4.16. The molecule has 4 heteroatoms. The Bertz CT molecular complexity index is 230. The normalized spacial score (nSPS) is 13.3. The van der Waals surface area contributed by atoms with Crippen LogP contribution in [0.5, 0.6) is 0 Å². The summed E-state index contributed by atoms with van der Waals surface area (Å²) >= 11 is 0. The van der Waals surface area contributed by atoms with E-state index in [4.69, 9.17) is 5.11 Å². The van der Waals surface area contributed by atoms with E-state index < -0.39 is 5.97 Å². The molecule has 0 aliphatic heterocycles. The Morgan fingerprint density at radius 2 is 1.87 bits per heavy atom. The first-order chi connectivity index (χ1) is 6.76. The quantitative estimate of drug-likeness (QED) is 0.734. The van der Waals surface area contributed by atoms with Crippen LogP contribution in [-0.2, 0) is 9.59 Å². The lowest BCUT2D eigenvalue weighted by molar-refractivity contribution is -0.137. The van der Waals surface area contributed by atoms with Crippen LogP contribution in [0.4, 0.5) is 0 Å². The summed E-state index contributed by atoms with van der Waals surface area (Å²) in [5.41, 5.74) is -0.256. The maximum Gasteiger partial charge on any atom is 0.303 e. The van der Waals surface area contributed by atoms with E-state index in [1.54, 1.807) is 0 Å². The van der Waals surface area contributed by atoms with Gasteiger partial charge in [0.25, 0.3) is 0 Å². The SMILES string of the molecule is CCC(CCC(=O)O)C(=O)NC(C)(C)C. The van der Waals surface area contributed by atoms with Crippen LogP contribution in [0.25, 0.3) is 0 Å². The largest absolute Gasteiger partial charge is 0.481 e. The van der Waals surface area contributed by atoms with Crippen LogP contribution in [-0.4, -0.2) is 22.5 Å². The summed E-state index contributed by atoms with van der Waals surface area (Å²) in [5.74, 6) is -1.09. The van der Waals surface area contributed by atoms with Gasteiger partial charge >= 0.3 is 5.97 Å². The van der Waals surface area contributed by atoms with E-state index in [1.165, 1.54) is 0 Å². The maximum absolute atomic E-state index is 11.7. The first-order valence-electron chi connectivity index (χ1n) is 5.30. The van der Waals surface area contributed by atoms with E-state index in [0.29, 0.717) is 12.8 Å². The Hall–Kier alpha value is -1.06. The minimum Gasteiger partial charge on any atom is -0.481 e. The van der Waals surface area contributed by atoms with Gasteiger partial charge in [-0.05, 0) is 33.6 Å². The molecule has 0 aliphatic carbocycles. The van der Waals surface area contributed by atoms with E-state index in [0.717, 1.165) is 0 Å². The maximum atomic E-state index is 11.7. The first-order valence-corrected chi connectivity index (χ1v) is 5.30. The lowest BCUT2D eigenvalue weighted by Crippen LogP contribution is -2.43. The standard InChI is InChI=1S/C11H21NO3/c1-5-8(6-7-9(13)14)10(15)12-11(2,3)4/h8H,5-7H2,1-4H3,(H,12,15)(H,13,14). The highest BCUT2D eigenvalue weighted by Crippen LogP contribution is 2.13. The van der Waals surface area contributed by atoms with E-state index >= 15 is 0 Å². The molecule has 2 N–H and O–H groups in total. The molecular weight excluding hydrogens is 194 g/mol. The molecule has 0 spiro atoms. The molecule has 0 bridgehead atoms. The molecule has 0 fully saturated rings. The third kappa shape index (κ3) is 6.94. The van der Waals surface area contributed by atoms with E-state index in [9.17, 15) is 9.59 Å². The number of carboxylic acid groups (broad SMARTS) is 1. The fourth-order valence-corrected chi connectivity index (χ4v) is 1.29. The molecule has 1 unspecified atom stereocenters. The molecule has 0 aromatic rings. The summed E-state index contributed by atoms with van der Waals surface area (Å²) in [7, 11) is 0. The van der Waals surface area contributed by atoms with Gasteiger partial charge in [0.15, 0.2) is 0 Å². The van der Waals surface area contributed by atoms with Gasteiger partial charge in [-0.2, -0.15) is 0 Å². The topological polar surface area (TPSA) is 66.4 Å². The highest BCUT2D eigenvalue weighted by atomic mass is 16.4. The molecule has 1 atom stereocenters. The summed E-state index contributed by atoms with van der Waals surface area (Å²) in [6.45, 7) is 7.63. The molecule has 0 saturated heterocycles. The fourth-order valence-electron chi connectivity index (χ4n) is 1.29. The lowest BCUT2D eigenvalue weighted by Gasteiger charge is -2.24. The second-order valence-corrected chi connectivity index (χ2v) is 4.78. The minimum atomic E-state index is -0.850. The number of aliphatic carboxylic acids is 1. The van der Waals surface area contributed by atoms with Gasteiger partial charge in [0, 0.05) is 17.9 Å². The lowest BCUT2D eigenvalue weighted by atomic mass is 9.97. The van der Waals surface area contributed by atoms with Gasteiger partial charge in [-0.1, -0.05) is 6.92 Å². The molecule has 4 nitrogen and oxygen atoms in total. The van der Waals surface area contributed by atoms with Crippen molar-refractivity contribution in [3.8, 4) is 0 Å². The number of carbonyl (C=O) groups is 2. The number of rotatable bonds is 5. The molecule has 0 rings (SSSR count). The minimum absolute atomic E-state index is 0.0498. The smallest absolute Gasteiger partial charge is 0.303 e. The van der Waals surface area contributed by atoms with Crippen LogP contribution in [0.1, 0.15) is 47.0 Å². The van der Waals surface area contributed by atoms with Gasteiger partial charge in [0.2, 0.25) is 5.91 Å². The number of hydrogen-bond acceptors (Lipinski definition) is 2. The van der Waals surface area contributed by atoms with Gasteiger partial charge in [0.1, 0.15) is 0 Å². The number of carbonyl (C=O) groups excluding carboxylic acids is 1. The van der Waals surface area contributed by atoms with E-state index in [-0.39, 0.29) is 23.8 Å². The van der Waals surface area contributed by atoms with Crippen molar-refractivity contribution in [2.75, 3.05) is 0 Å². The van der Waals surface area contributed by atoms with Gasteiger partial charge in [-0.25, -0.2) is 0 Å². The molecule has 0 aromatic heterocycles. The van der Waals surface area contributed by atoms with Crippen molar-refractivity contribution in [2.45, 2.75) is 52.5 Å². The third-order valence-corrected chi connectivity index (χ3v) is 2.07. The molecular formula is C11H21NO3. The zero-order valence-corrected chi connectivity index (χ0v) is 9.96. The predicted octanol–water partition coefficient (Wildman–Crippen LogP) is 1.79. The van der Waals surface area contributed by atoms with Crippen LogP contribution in [0.3, 0.4) is 0 Å². The summed E-state index contributed by atoms with van der Waals surface area (Å²) in [4.78, 5) is 22.1. The van der Waals surface area contributed by atoms with Crippen molar-refractivity contribution in [1.82, 2.24) is 5.32 Å². The van der Waals surface area contributed by atoms with Crippen molar-refractivity contribution < 1.29 is 14.7 Å². The number of amides is 1. The molecule has 1 amide bonds. The zero-order chi connectivity index (χ0) is 12.1. The Morgan fingerprint density at radius 1 is 1.33 bits per heavy atom. The number of hydrogen-bond donors (Lipinski definition) is 2. The van der Waals surface area contributed by atoms with Crippen LogP contribution < -0.4 is 5.32 Å². The van der Waals surface area contributed by atoms with Crippen LogP contribution in [0.2, 0.25) is 0 Å². The number of carboxylic acids is 1. The van der Waals surface area contributed by atoms with Crippen molar-refractivity contribution in [2.24, 2.45) is 5.92 Å². The monoisotopic (exact) mass is 215 g/mol. The molecule has 15 heavy (non-hydrogen) atoms. The Kier molecular flexibility index (Phi) is 5.33. The molecule has 0 aliphatic rings. The number of nitrogens with one attached hydrogen (secondary N) is 1. The van der Waals surface area contributed by atoms with Gasteiger partial charge in [-0.15, -0.1) is 0 Å². The average molecular weight is 215 g/mol. The Labute approximate surface area is 91.1 Å². The van der Waals surface area contributed by atoms with Crippen LogP contribution in [0.15, 0.2) is 0 Å². The second-order valence-electron chi connectivity index (χ2n) is 4.78. The highest BCUT2D eigenvalue weighted by molar-refractivity contribution is 5.79. The van der Waals surface area contributed by atoms with Crippen LogP contribution in [0, 0.1) is 5.92 Å². The Morgan fingerprint density at radius 3 is 2.20 bits per heavy atom. The molecule has 0 radical (unpaired) electrons.